The zero-order valence-electron chi connectivity index (χ0n) is 8.06. The molecule has 0 spiro atoms. The fourth-order valence-corrected chi connectivity index (χ4v) is 2.02. The molecule has 1 aromatic rings. The van der Waals surface area contributed by atoms with Crippen LogP contribution in [0.4, 0.5) is 0 Å². The molecular formula is C11H14N2O. The average Bonchev–Trinajstić information content (AvgIpc) is 2.30. The number of pyridine rings is 1. The summed E-state index contributed by atoms with van der Waals surface area (Å²) in [6.45, 7) is 0. The summed E-state index contributed by atoms with van der Waals surface area (Å²) in [6.07, 6.45) is 6.07. The predicted molar refractivity (Wildman–Crippen MR) is 54.7 cm³/mol. The Labute approximate surface area is 83.5 Å². The number of rotatable bonds is 1. The van der Waals surface area contributed by atoms with Crippen molar-refractivity contribution in [2.24, 2.45) is 5.16 Å². The van der Waals surface area contributed by atoms with E-state index in [1.807, 2.05) is 18.2 Å². The SMILES string of the molecule is O/N=C1\CCCCC1c1ccccn1. The second-order valence-electron chi connectivity index (χ2n) is 3.64. The summed E-state index contributed by atoms with van der Waals surface area (Å²) in [5, 5.41) is 12.3. The molecule has 0 aliphatic heterocycles. The highest BCUT2D eigenvalue weighted by Gasteiger charge is 2.23. The lowest BCUT2D eigenvalue weighted by Gasteiger charge is -2.22. The van der Waals surface area contributed by atoms with E-state index < -0.39 is 0 Å². The molecule has 2 rings (SSSR count). The molecule has 3 nitrogen and oxygen atoms in total. The normalized spacial score (nSPS) is 25.1. The van der Waals surface area contributed by atoms with Crippen molar-refractivity contribution in [3.63, 3.8) is 0 Å². The van der Waals surface area contributed by atoms with Gasteiger partial charge in [-0.2, -0.15) is 0 Å². The monoisotopic (exact) mass is 190 g/mol. The summed E-state index contributed by atoms with van der Waals surface area (Å²) >= 11 is 0. The van der Waals surface area contributed by atoms with Gasteiger partial charge in [0.1, 0.15) is 0 Å². The van der Waals surface area contributed by atoms with E-state index in [4.69, 9.17) is 5.21 Å². The van der Waals surface area contributed by atoms with Gasteiger partial charge in [-0.25, -0.2) is 0 Å². The van der Waals surface area contributed by atoms with Gasteiger partial charge in [-0.15, -0.1) is 0 Å². The first-order valence-corrected chi connectivity index (χ1v) is 5.03. The van der Waals surface area contributed by atoms with Crippen LogP contribution in [-0.2, 0) is 0 Å². The summed E-state index contributed by atoms with van der Waals surface area (Å²) in [7, 11) is 0. The molecule has 1 atom stereocenters. The maximum atomic E-state index is 8.88. The van der Waals surface area contributed by atoms with Gasteiger partial charge in [-0.05, 0) is 31.4 Å². The number of nitrogens with zero attached hydrogens (tertiary/aromatic N) is 2. The summed E-state index contributed by atoms with van der Waals surface area (Å²) in [5.74, 6) is 0.231. The molecule has 1 aliphatic carbocycles. The van der Waals surface area contributed by atoms with Gasteiger partial charge in [0.25, 0.3) is 0 Å². The molecule has 1 fully saturated rings. The van der Waals surface area contributed by atoms with Crippen molar-refractivity contribution < 1.29 is 5.21 Å². The van der Waals surface area contributed by atoms with E-state index in [9.17, 15) is 0 Å². The van der Waals surface area contributed by atoms with E-state index in [2.05, 4.69) is 10.1 Å². The summed E-state index contributed by atoms with van der Waals surface area (Å²) in [6, 6.07) is 5.88. The lowest BCUT2D eigenvalue weighted by atomic mass is 9.85. The van der Waals surface area contributed by atoms with Crippen LogP contribution in [0.5, 0.6) is 0 Å². The van der Waals surface area contributed by atoms with Crippen LogP contribution >= 0.6 is 0 Å². The Morgan fingerprint density at radius 3 is 3.00 bits per heavy atom. The fourth-order valence-electron chi connectivity index (χ4n) is 2.02. The molecule has 74 valence electrons. The predicted octanol–water partition coefficient (Wildman–Crippen LogP) is 2.57. The van der Waals surface area contributed by atoms with E-state index in [-0.39, 0.29) is 5.92 Å². The molecule has 1 aliphatic rings. The van der Waals surface area contributed by atoms with Crippen LogP contribution in [0.3, 0.4) is 0 Å². The third-order valence-electron chi connectivity index (χ3n) is 2.75. The van der Waals surface area contributed by atoms with Crippen molar-refractivity contribution in [2.75, 3.05) is 0 Å². The van der Waals surface area contributed by atoms with E-state index >= 15 is 0 Å². The maximum Gasteiger partial charge on any atom is 0.0661 e. The highest BCUT2D eigenvalue weighted by molar-refractivity contribution is 5.90. The minimum Gasteiger partial charge on any atom is -0.411 e. The van der Waals surface area contributed by atoms with Crippen molar-refractivity contribution in [1.82, 2.24) is 4.98 Å². The second kappa shape index (κ2) is 4.22. The van der Waals surface area contributed by atoms with Gasteiger partial charge in [0, 0.05) is 17.8 Å². The number of hydrogen-bond acceptors (Lipinski definition) is 3. The minimum atomic E-state index is 0.231. The lowest BCUT2D eigenvalue weighted by Crippen LogP contribution is -2.18. The van der Waals surface area contributed by atoms with E-state index in [1.54, 1.807) is 6.20 Å². The minimum absolute atomic E-state index is 0.231. The Morgan fingerprint density at radius 2 is 2.29 bits per heavy atom. The molecule has 0 radical (unpaired) electrons. The quantitative estimate of drug-likeness (QED) is 0.546. The molecule has 1 heterocycles. The van der Waals surface area contributed by atoms with Gasteiger partial charge >= 0.3 is 0 Å². The largest absolute Gasteiger partial charge is 0.411 e. The molecule has 0 bridgehead atoms. The van der Waals surface area contributed by atoms with Crippen LogP contribution in [0, 0.1) is 0 Å². The van der Waals surface area contributed by atoms with Crippen LogP contribution < -0.4 is 0 Å². The zero-order chi connectivity index (χ0) is 9.80. The topological polar surface area (TPSA) is 45.5 Å². The smallest absolute Gasteiger partial charge is 0.0661 e. The molecule has 0 saturated heterocycles. The third-order valence-corrected chi connectivity index (χ3v) is 2.75. The van der Waals surface area contributed by atoms with Crippen molar-refractivity contribution >= 4 is 5.71 Å². The fraction of sp³-hybridized carbons (Fsp3) is 0.455. The van der Waals surface area contributed by atoms with Crippen LogP contribution in [0.15, 0.2) is 29.6 Å². The average molecular weight is 190 g/mol. The van der Waals surface area contributed by atoms with Gasteiger partial charge in [-0.3, -0.25) is 4.98 Å². The standard InChI is InChI=1S/C11H14N2O/c14-13-11-7-2-1-5-9(11)10-6-3-4-8-12-10/h3-4,6,8-9,14H,1-2,5,7H2/b13-11+. The number of oxime groups is 1. The van der Waals surface area contributed by atoms with Gasteiger partial charge in [0.05, 0.1) is 5.71 Å². The van der Waals surface area contributed by atoms with E-state index in [0.29, 0.717) is 0 Å². The summed E-state index contributed by atoms with van der Waals surface area (Å²) in [4.78, 5) is 4.31. The molecule has 1 N–H and O–H groups in total. The maximum absolute atomic E-state index is 8.88. The Morgan fingerprint density at radius 1 is 1.36 bits per heavy atom. The zero-order valence-corrected chi connectivity index (χ0v) is 8.06. The van der Waals surface area contributed by atoms with Gasteiger partial charge in [0.2, 0.25) is 0 Å². The second-order valence-corrected chi connectivity index (χ2v) is 3.64. The molecule has 1 unspecified atom stereocenters. The lowest BCUT2D eigenvalue weighted by molar-refractivity contribution is 0.312. The highest BCUT2D eigenvalue weighted by Crippen LogP contribution is 2.29. The van der Waals surface area contributed by atoms with Crippen LogP contribution in [-0.4, -0.2) is 15.9 Å². The van der Waals surface area contributed by atoms with Crippen LogP contribution in [0.25, 0.3) is 0 Å². The van der Waals surface area contributed by atoms with Gasteiger partial charge < -0.3 is 5.21 Å². The molecular weight excluding hydrogens is 176 g/mol. The highest BCUT2D eigenvalue weighted by atomic mass is 16.4. The summed E-state index contributed by atoms with van der Waals surface area (Å²) < 4.78 is 0. The molecule has 1 aromatic heterocycles. The number of hydrogen-bond donors (Lipinski definition) is 1. The molecule has 14 heavy (non-hydrogen) atoms. The van der Waals surface area contributed by atoms with Crippen molar-refractivity contribution in [1.29, 1.82) is 0 Å². The Kier molecular flexibility index (Phi) is 2.77. The van der Waals surface area contributed by atoms with Gasteiger partial charge in [0.15, 0.2) is 0 Å². The molecule has 1 saturated carbocycles. The number of aromatic nitrogens is 1. The first-order valence-electron chi connectivity index (χ1n) is 5.03. The van der Waals surface area contributed by atoms with E-state index in [0.717, 1.165) is 30.7 Å². The van der Waals surface area contributed by atoms with E-state index in [1.165, 1.54) is 6.42 Å². The Hall–Kier alpha value is -1.38. The Bertz CT molecular complexity index is 321. The van der Waals surface area contributed by atoms with Crippen molar-refractivity contribution in [3.8, 4) is 0 Å². The third kappa shape index (κ3) is 1.76. The first-order chi connectivity index (χ1) is 6.92. The van der Waals surface area contributed by atoms with Crippen LogP contribution in [0.1, 0.15) is 37.3 Å². The van der Waals surface area contributed by atoms with Crippen LogP contribution in [0.2, 0.25) is 0 Å². The van der Waals surface area contributed by atoms with Gasteiger partial charge in [-0.1, -0.05) is 17.6 Å². The van der Waals surface area contributed by atoms with Crippen molar-refractivity contribution in [2.45, 2.75) is 31.6 Å². The molecule has 3 heteroatoms. The van der Waals surface area contributed by atoms with Crippen molar-refractivity contribution in [3.05, 3.63) is 30.1 Å². The Balaban J connectivity index is 2.24. The summed E-state index contributed by atoms with van der Waals surface area (Å²) in [5.41, 5.74) is 1.91. The first kappa shape index (κ1) is 9.19. The molecule has 0 amide bonds. The molecule has 0 aromatic carbocycles.